The number of piperazine rings is 1. The minimum Gasteiger partial charge on any atom is -0.481 e. The Morgan fingerprint density at radius 1 is 1.37 bits per heavy atom. The summed E-state index contributed by atoms with van der Waals surface area (Å²) in [5, 5.41) is 14.8. The van der Waals surface area contributed by atoms with Gasteiger partial charge in [-0.25, -0.2) is 19.0 Å². The lowest BCUT2D eigenvalue weighted by Gasteiger charge is -2.38. The minimum absolute atomic E-state index is 0.00193. The number of aliphatic carboxylic acids is 1. The number of terminal acetylenes is 1. The number of fused-ring (bicyclic) bond motifs is 1. The number of aromatic nitrogens is 1. The molecule has 0 aliphatic carbocycles. The van der Waals surface area contributed by atoms with Gasteiger partial charge in [-0.3, -0.25) is 14.7 Å². The van der Waals surface area contributed by atoms with Crippen LogP contribution in [0.2, 0.25) is 0 Å². The average molecular weight is 614 g/mol. The van der Waals surface area contributed by atoms with Gasteiger partial charge in [-0.1, -0.05) is 18.1 Å². The first-order valence-corrected chi connectivity index (χ1v) is 14.3. The van der Waals surface area contributed by atoms with Crippen molar-refractivity contribution in [1.29, 1.82) is 0 Å². The maximum atomic E-state index is 15.0. The summed E-state index contributed by atoms with van der Waals surface area (Å²) in [5.74, 6) is -0.626. The van der Waals surface area contributed by atoms with E-state index in [9.17, 15) is 23.9 Å². The van der Waals surface area contributed by atoms with Crippen LogP contribution in [-0.2, 0) is 14.3 Å². The molecular weight excluding hydrogens is 575 g/mol. The van der Waals surface area contributed by atoms with Crippen LogP contribution in [0.25, 0.3) is 0 Å². The third-order valence-electron chi connectivity index (χ3n) is 7.67. The lowest BCUT2D eigenvalue weighted by atomic mass is 9.91. The molecule has 1 aromatic heterocycles. The van der Waals surface area contributed by atoms with Crippen molar-refractivity contribution in [3.8, 4) is 12.3 Å². The number of halogens is 1. The lowest BCUT2D eigenvalue weighted by Crippen LogP contribution is -2.53. The van der Waals surface area contributed by atoms with Crippen molar-refractivity contribution in [1.82, 2.24) is 25.0 Å². The quantitative estimate of drug-likeness (QED) is 0.327. The molecule has 11 nitrogen and oxygen atoms in total. The number of carboxylic acids is 1. The number of carbonyl (C=O) groups excluding carboxylic acids is 2. The van der Waals surface area contributed by atoms with Crippen LogP contribution in [0.1, 0.15) is 49.7 Å². The summed E-state index contributed by atoms with van der Waals surface area (Å²) in [4.78, 5) is 52.8. The Bertz CT molecular complexity index is 1720. The number of ether oxygens (including phenoxy) is 1. The molecule has 2 N–H and O–H groups in total. The van der Waals surface area contributed by atoms with Crippen LogP contribution >= 0.6 is 11.3 Å². The standard InChI is InChI=1S/C30H33FN6O5S/c1-5-19-20(8-7-9-21(19)31)24-23(27(38)42-6-2)22(33-25(34-24)26-32-10-13-43-26)16-35-11-12-37-18(14-35)15-36(29(37)41)17-30(3,4)28(39)40/h1,7-10,13,18,24H,6,11-12,14-17H2,2-4H3,(H,33,34)(H,39,40)/t18-,24-/m0/s1/i2D3,6D2. The van der Waals surface area contributed by atoms with Crippen molar-refractivity contribution in [2.75, 3.05) is 45.8 Å². The number of thiazole rings is 1. The van der Waals surface area contributed by atoms with Gasteiger partial charge in [0.15, 0.2) is 10.8 Å². The second kappa shape index (κ2) is 12.1. The van der Waals surface area contributed by atoms with Crippen LogP contribution in [0.4, 0.5) is 9.18 Å². The highest BCUT2D eigenvalue weighted by molar-refractivity contribution is 7.11. The smallest absolute Gasteiger partial charge is 0.338 e. The van der Waals surface area contributed by atoms with Crippen LogP contribution in [0.3, 0.4) is 0 Å². The highest BCUT2D eigenvalue weighted by Gasteiger charge is 2.44. The van der Waals surface area contributed by atoms with Crippen LogP contribution in [0.15, 0.2) is 46.0 Å². The number of carbonyl (C=O) groups is 3. The van der Waals surface area contributed by atoms with E-state index in [4.69, 9.17) is 18.0 Å². The summed E-state index contributed by atoms with van der Waals surface area (Å²) in [7, 11) is 0. The molecule has 13 heteroatoms. The van der Waals surface area contributed by atoms with Crippen molar-refractivity contribution >= 4 is 35.1 Å². The molecule has 3 aliphatic rings. The van der Waals surface area contributed by atoms with E-state index in [0.29, 0.717) is 24.6 Å². The number of esters is 1. The van der Waals surface area contributed by atoms with E-state index >= 15 is 0 Å². The second-order valence-electron chi connectivity index (χ2n) is 11.0. The predicted octanol–water partition coefficient (Wildman–Crippen LogP) is 2.70. The second-order valence-corrected chi connectivity index (χ2v) is 11.9. The molecule has 0 saturated carbocycles. The number of hydrogen-bond donors (Lipinski definition) is 2. The number of nitrogens with zero attached hydrogens (tertiary/aromatic N) is 5. The number of nitrogens with one attached hydrogen (secondary N) is 1. The van der Waals surface area contributed by atoms with Crippen molar-refractivity contribution in [3.63, 3.8) is 0 Å². The minimum atomic E-state index is -3.38. The number of urea groups is 1. The van der Waals surface area contributed by atoms with Crippen LogP contribution < -0.4 is 5.32 Å². The SMILES string of the molecule is [2H]C([2H])([2H])C([2H])([2H])OC(=O)C1=C(CN2CCN3C(=O)N(CC(C)(C)C(=O)O)C[C@@H]3C2)NC(c2nccs2)=N[C@H]1c1cccc(F)c1C#C. The number of amides is 2. The Hall–Kier alpha value is -4.28. The van der Waals surface area contributed by atoms with Crippen LogP contribution in [0.5, 0.6) is 0 Å². The lowest BCUT2D eigenvalue weighted by molar-refractivity contribution is -0.147. The molecule has 2 aromatic rings. The van der Waals surface area contributed by atoms with Gasteiger partial charge in [0.05, 0.1) is 31.9 Å². The average Bonchev–Trinajstić information content (AvgIpc) is 3.64. The Morgan fingerprint density at radius 3 is 2.88 bits per heavy atom. The molecule has 3 aliphatic heterocycles. The number of benzene rings is 1. The molecule has 5 rings (SSSR count). The van der Waals surface area contributed by atoms with E-state index in [1.165, 1.54) is 28.4 Å². The van der Waals surface area contributed by atoms with Crippen LogP contribution in [0, 0.1) is 23.6 Å². The van der Waals surface area contributed by atoms with Gasteiger partial charge in [0.1, 0.15) is 11.9 Å². The van der Waals surface area contributed by atoms with Crippen molar-refractivity contribution < 1.29 is 35.5 Å². The zero-order chi connectivity index (χ0) is 35.2. The Labute approximate surface area is 260 Å². The fraction of sp³-hybridized carbons (Fsp3) is 0.433. The first-order chi connectivity index (χ1) is 22.4. The summed E-state index contributed by atoms with van der Waals surface area (Å²) in [6.45, 7) is -2.37. The highest BCUT2D eigenvalue weighted by atomic mass is 32.1. The third kappa shape index (κ3) is 5.98. The van der Waals surface area contributed by atoms with Crippen molar-refractivity contribution in [2.24, 2.45) is 10.4 Å². The third-order valence-corrected chi connectivity index (χ3v) is 8.45. The molecule has 1 aromatic carbocycles. The molecule has 226 valence electrons. The van der Waals surface area contributed by atoms with Crippen molar-refractivity contribution in [3.05, 3.63) is 63.0 Å². The van der Waals surface area contributed by atoms with Gasteiger partial charge in [0.25, 0.3) is 0 Å². The Kier molecular flexibility index (Phi) is 6.83. The molecule has 4 heterocycles. The number of rotatable bonds is 9. The number of aliphatic imine (C=N–C) groups is 1. The molecule has 43 heavy (non-hydrogen) atoms. The van der Waals surface area contributed by atoms with Gasteiger partial charge < -0.3 is 25.0 Å². The summed E-state index contributed by atoms with van der Waals surface area (Å²) >= 11 is 1.23. The van der Waals surface area contributed by atoms with Crippen molar-refractivity contribution in [2.45, 2.75) is 32.8 Å². The first-order valence-electron chi connectivity index (χ1n) is 15.9. The van der Waals surface area contributed by atoms with E-state index in [1.807, 2.05) is 4.90 Å². The summed E-state index contributed by atoms with van der Waals surface area (Å²) in [6.07, 6.45) is 7.21. The van der Waals surface area contributed by atoms with Gasteiger partial charge >= 0.3 is 18.0 Å². The predicted molar refractivity (Wildman–Crippen MR) is 158 cm³/mol. The fourth-order valence-electron chi connectivity index (χ4n) is 5.54. The number of hydrogen-bond acceptors (Lipinski definition) is 9. The first kappa shape index (κ1) is 24.2. The fourth-order valence-corrected chi connectivity index (χ4v) is 6.13. The molecule has 2 atom stereocenters. The van der Waals surface area contributed by atoms with E-state index < -0.39 is 42.6 Å². The number of carboxylic acid groups (broad SMARTS) is 1. The largest absolute Gasteiger partial charge is 0.481 e. The monoisotopic (exact) mass is 613 g/mol. The van der Waals surface area contributed by atoms with Gasteiger partial charge in [0, 0.05) is 60.7 Å². The van der Waals surface area contributed by atoms with Gasteiger partial charge in [-0.15, -0.1) is 17.8 Å². The van der Waals surface area contributed by atoms with Crippen LogP contribution in [-0.4, -0.2) is 100 Å². The molecule has 2 saturated heterocycles. The summed E-state index contributed by atoms with van der Waals surface area (Å²) in [6, 6.07) is 2.07. The molecular formula is C30H33FN6O5S. The molecule has 2 fully saturated rings. The normalized spacial score (nSPS) is 23.2. The molecule has 2 amide bonds. The van der Waals surface area contributed by atoms with Gasteiger partial charge in [0.2, 0.25) is 0 Å². The Balaban J connectivity index is 1.54. The zero-order valence-corrected chi connectivity index (χ0v) is 24.3. The molecule has 0 unspecified atom stereocenters. The van der Waals surface area contributed by atoms with E-state index in [-0.39, 0.29) is 59.9 Å². The molecule has 0 radical (unpaired) electrons. The van der Waals surface area contributed by atoms with E-state index in [1.54, 1.807) is 30.3 Å². The molecule has 0 bridgehead atoms. The topological polar surface area (TPSA) is 128 Å². The maximum Gasteiger partial charge on any atom is 0.338 e. The van der Waals surface area contributed by atoms with E-state index in [2.05, 4.69) is 21.2 Å². The van der Waals surface area contributed by atoms with Gasteiger partial charge in [-0.2, -0.15) is 0 Å². The van der Waals surface area contributed by atoms with Gasteiger partial charge in [-0.05, 0) is 32.3 Å². The highest BCUT2D eigenvalue weighted by Crippen LogP contribution is 2.36. The zero-order valence-electron chi connectivity index (χ0n) is 28.5. The summed E-state index contributed by atoms with van der Waals surface area (Å²) < 4.78 is 58.6. The van der Waals surface area contributed by atoms with E-state index in [0.717, 1.165) is 6.07 Å². The number of amidine groups is 1. The Morgan fingerprint density at radius 2 is 2.19 bits per heavy atom. The maximum absolute atomic E-state index is 15.0. The molecule has 0 spiro atoms. The summed E-state index contributed by atoms with van der Waals surface area (Å²) in [5.41, 5.74) is -1.38.